The van der Waals surface area contributed by atoms with Crippen molar-refractivity contribution in [3.05, 3.63) is 58.4 Å². The van der Waals surface area contributed by atoms with E-state index in [9.17, 15) is 5.11 Å². The molecule has 0 aliphatic carbocycles. The molecule has 21 heavy (non-hydrogen) atoms. The summed E-state index contributed by atoms with van der Waals surface area (Å²) < 4.78 is 0. The number of halogens is 1. The Labute approximate surface area is 131 Å². The lowest BCUT2D eigenvalue weighted by atomic mass is 10.1. The maximum Gasteiger partial charge on any atom is 0.0776 e. The van der Waals surface area contributed by atoms with Crippen LogP contribution in [-0.2, 0) is 6.54 Å². The average molecular weight is 305 g/mol. The van der Waals surface area contributed by atoms with Crippen molar-refractivity contribution in [1.82, 2.24) is 4.98 Å². The van der Waals surface area contributed by atoms with Crippen LogP contribution < -0.4 is 4.90 Å². The van der Waals surface area contributed by atoms with Crippen molar-refractivity contribution < 1.29 is 5.11 Å². The first-order chi connectivity index (χ1) is 10.0. The molecule has 0 saturated heterocycles. The predicted molar refractivity (Wildman–Crippen MR) is 87.8 cm³/mol. The van der Waals surface area contributed by atoms with Gasteiger partial charge in [0.05, 0.1) is 18.3 Å². The van der Waals surface area contributed by atoms with Crippen LogP contribution in [0.25, 0.3) is 0 Å². The van der Waals surface area contributed by atoms with Gasteiger partial charge in [0, 0.05) is 22.9 Å². The molecule has 0 amide bonds. The summed E-state index contributed by atoms with van der Waals surface area (Å²) in [5.41, 5.74) is 3.85. The van der Waals surface area contributed by atoms with E-state index >= 15 is 0 Å². The summed E-state index contributed by atoms with van der Waals surface area (Å²) in [6.07, 6.45) is -0.555. The molecule has 1 atom stereocenters. The van der Waals surface area contributed by atoms with E-state index in [2.05, 4.69) is 16.8 Å². The second-order valence-corrected chi connectivity index (χ2v) is 5.57. The minimum absolute atomic E-state index is 0.555. The van der Waals surface area contributed by atoms with E-state index < -0.39 is 6.10 Å². The summed E-state index contributed by atoms with van der Waals surface area (Å²) in [6.45, 7) is 7.41. The summed E-state index contributed by atoms with van der Waals surface area (Å²) >= 11 is 6.25. The average Bonchev–Trinajstić information content (AvgIpc) is 2.44. The van der Waals surface area contributed by atoms with Crippen molar-refractivity contribution >= 4 is 17.3 Å². The van der Waals surface area contributed by atoms with Crippen LogP contribution >= 0.6 is 11.6 Å². The first-order valence-electron chi connectivity index (χ1n) is 7.16. The number of aliphatic hydroxyl groups is 1. The third kappa shape index (κ3) is 3.96. The first-order valence-corrected chi connectivity index (χ1v) is 7.54. The van der Waals surface area contributed by atoms with Gasteiger partial charge in [0.25, 0.3) is 0 Å². The van der Waals surface area contributed by atoms with Crippen LogP contribution in [0.3, 0.4) is 0 Å². The number of aliphatic hydroxyl groups excluding tert-OH is 1. The highest BCUT2D eigenvalue weighted by molar-refractivity contribution is 6.31. The van der Waals surface area contributed by atoms with Gasteiger partial charge in [0.2, 0.25) is 0 Å². The molecule has 3 nitrogen and oxygen atoms in total. The molecule has 4 heteroatoms. The molecule has 0 aliphatic heterocycles. The number of hydrogen-bond donors (Lipinski definition) is 1. The lowest BCUT2D eigenvalue weighted by Gasteiger charge is -2.24. The molecular weight excluding hydrogens is 284 g/mol. The zero-order valence-corrected chi connectivity index (χ0v) is 13.4. The van der Waals surface area contributed by atoms with E-state index in [1.54, 1.807) is 6.92 Å². The summed E-state index contributed by atoms with van der Waals surface area (Å²) in [5.74, 6) is 0. The zero-order valence-electron chi connectivity index (χ0n) is 12.7. The van der Waals surface area contributed by atoms with Gasteiger partial charge >= 0.3 is 0 Å². The monoisotopic (exact) mass is 304 g/mol. The number of anilines is 1. The van der Waals surface area contributed by atoms with Gasteiger partial charge in [-0.2, -0.15) is 0 Å². The topological polar surface area (TPSA) is 36.4 Å². The van der Waals surface area contributed by atoms with E-state index in [-0.39, 0.29) is 0 Å². The Morgan fingerprint density at radius 3 is 2.62 bits per heavy atom. The minimum atomic E-state index is -0.555. The minimum Gasteiger partial charge on any atom is -0.389 e. The number of aromatic nitrogens is 1. The van der Waals surface area contributed by atoms with Gasteiger partial charge < -0.3 is 10.0 Å². The molecule has 1 aromatic carbocycles. The van der Waals surface area contributed by atoms with Gasteiger partial charge in [0.1, 0.15) is 0 Å². The maximum absolute atomic E-state index is 9.65. The molecule has 0 aliphatic rings. The van der Waals surface area contributed by atoms with E-state index in [1.807, 2.05) is 43.3 Å². The highest BCUT2D eigenvalue weighted by Crippen LogP contribution is 2.28. The molecule has 0 bridgehead atoms. The van der Waals surface area contributed by atoms with Gasteiger partial charge in [-0.1, -0.05) is 23.7 Å². The Morgan fingerprint density at radius 1 is 1.29 bits per heavy atom. The first kappa shape index (κ1) is 15.8. The van der Waals surface area contributed by atoms with Crippen molar-refractivity contribution in [2.75, 3.05) is 11.4 Å². The number of hydrogen-bond acceptors (Lipinski definition) is 3. The normalized spacial score (nSPS) is 12.2. The quantitative estimate of drug-likeness (QED) is 0.902. The fourth-order valence-corrected chi connectivity index (χ4v) is 2.65. The molecule has 0 radical (unpaired) electrons. The largest absolute Gasteiger partial charge is 0.389 e. The van der Waals surface area contributed by atoms with Gasteiger partial charge in [-0.3, -0.25) is 4.98 Å². The number of benzene rings is 1. The third-order valence-corrected chi connectivity index (χ3v) is 3.81. The Kier molecular flexibility index (Phi) is 5.21. The van der Waals surface area contributed by atoms with Crippen molar-refractivity contribution in [2.45, 2.75) is 33.4 Å². The van der Waals surface area contributed by atoms with E-state index in [0.717, 1.165) is 35.7 Å². The molecule has 2 rings (SSSR count). The van der Waals surface area contributed by atoms with Crippen molar-refractivity contribution in [2.24, 2.45) is 0 Å². The predicted octanol–water partition coefficient (Wildman–Crippen LogP) is 4.12. The number of nitrogens with zero attached hydrogens (tertiary/aromatic N) is 2. The third-order valence-electron chi connectivity index (χ3n) is 3.48. The molecule has 0 fully saturated rings. The van der Waals surface area contributed by atoms with Gasteiger partial charge in [-0.05, 0) is 50.6 Å². The second-order valence-electron chi connectivity index (χ2n) is 5.17. The number of pyridine rings is 1. The fourth-order valence-electron chi connectivity index (χ4n) is 2.32. The molecule has 1 unspecified atom stereocenters. The summed E-state index contributed by atoms with van der Waals surface area (Å²) in [7, 11) is 0. The maximum atomic E-state index is 9.65. The van der Waals surface area contributed by atoms with Gasteiger partial charge in [-0.15, -0.1) is 0 Å². The molecule has 0 spiro atoms. The Hall–Kier alpha value is -1.58. The Bertz CT molecular complexity index is 613. The van der Waals surface area contributed by atoms with E-state index in [1.165, 1.54) is 0 Å². The molecule has 1 heterocycles. The molecular formula is C17H21ClN2O. The SMILES string of the molecule is CCN(Cc1cccc(C)n1)c1ccc(C(C)O)c(Cl)c1. The Balaban J connectivity index is 2.23. The van der Waals surface area contributed by atoms with Crippen molar-refractivity contribution in [3.63, 3.8) is 0 Å². The van der Waals surface area contributed by atoms with Crippen molar-refractivity contribution in [3.8, 4) is 0 Å². The van der Waals surface area contributed by atoms with E-state index in [4.69, 9.17) is 11.6 Å². The fraction of sp³-hybridized carbons (Fsp3) is 0.353. The standard InChI is InChI=1S/C17H21ClN2O/c1-4-20(11-14-7-5-6-12(2)19-14)15-8-9-16(13(3)21)17(18)10-15/h5-10,13,21H,4,11H2,1-3H3. The summed E-state index contributed by atoms with van der Waals surface area (Å²) in [4.78, 5) is 6.75. The van der Waals surface area contributed by atoms with Crippen molar-refractivity contribution in [1.29, 1.82) is 0 Å². The molecule has 112 valence electrons. The lowest BCUT2D eigenvalue weighted by Crippen LogP contribution is -2.22. The molecule has 2 aromatic rings. The second kappa shape index (κ2) is 6.92. The highest BCUT2D eigenvalue weighted by atomic mass is 35.5. The van der Waals surface area contributed by atoms with Crippen LogP contribution in [0, 0.1) is 6.92 Å². The van der Waals surface area contributed by atoms with E-state index in [0.29, 0.717) is 5.02 Å². The summed E-state index contributed by atoms with van der Waals surface area (Å²) in [6, 6.07) is 11.8. The number of rotatable bonds is 5. The zero-order chi connectivity index (χ0) is 15.4. The lowest BCUT2D eigenvalue weighted by molar-refractivity contribution is 0.199. The van der Waals surface area contributed by atoms with Crippen LogP contribution in [0.1, 0.15) is 36.9 Å². The molecule has 1 N–H and O–H groups in total. The van der Waals surface area contributed by atoms with Crippen LogP contribution in [0.15, 0.2) is 36.4 Å². The molecule has 0 saturated carbocycles. The molecule has 1 aromatic heterocycles. The number of aryl methyl sites for hydroxylation is 1. The highest BCUT2D eigenvalue weighted by Gasteiger charge is 2.11. The van der Waals surface area contributed by atoms with Crippen LogP contribution in [0.4, 0.5) is 5.69 Å². The van der Waals surface area contributed by atoms with Gasteiger partial charge in [-0.25, -0.2) is 0 Å². The van der Waals surface area contributed by atoms with Gasteiger partial charge in [0.15, 0.2) is 0 Å². The van der Waals surface area contributed by atoms with Crippen LogP contribution in [0.5, 0.6) is 0 Å². The smallest absolute Gasteiger partial charge is 0.0776 e. The van der Waals surface area contributed by atoms with Crippen LogP contribution in [-0.4, -0.2) is 16.6 Å². The Morgan fingerprint density at radius 2 is 2.05 bits per heavy atom. The summed E-state index contributed by atoms with van der Waals surface area (Å²) in [5, 5.41) is 10.2. The van der Waals surface area contributed by atoms with Crippen LogP contribution in [0.2, 0.25) is 5.02 Å².